The second-order valence-electron chi connectivity index (χ2n) is 6.07. The van der Waals surface area contributed by atoms with Crippen LogP contribution in [0.5, 0.6) is 0 Å². The van der Waals surface area contributed by atoms with E-state index in [-0.39, 0.29) is 6.67 Å². The number of methoxy groups -OCH3 is 1. The summed E-state index contributed by atoms with van der Waals surface area (Å²) in [5.74, 6) is 1.54. The maximum absolute atomic E-state index is 12.4. The zero-order valence-corrected chi connectivity index (χ0v) is 12.3. The van der Waals surface area contributed by atoms with Gasteiger partial charge in [-0.3, -0.25) is 9.29 Å². The van der Waals surface area contributed by atoms with Gasteiger partial charge in [-0.15, -0.1) is 0 Å². The van der Waals surface area contributed by atoms with E-state index in [4.69, 9.17) is 4.74 Å². The first-order chi connectivity index (χ1) is 8.67. The van der Waals surface area contributed by atoms with Crippen molar-refractivity contribution in [3.8, 4) is 0 Å². The van der Waals surface area contributed by atoms with E-state index in [1.54, 1.807) is 7.11 Å². The van der Waals surface area contributed by atoms with E-state index in [2.05, 4.69) is 18.7 Å². The maximum Gasteiger partial charge on any atom is 0.0906 e. The van der Waals surface area contributed by atoms with E-state index >= 15 is 0 Å². The molecule has 108 valence electrons. The Kier molecular flexibility index (Phi) is 7.84. The van der Waals surface area contributed by atoms with Crippen LogP contribution in [0.25, 0.3) is 0 Å². The van der Waals surface area contributed by atoms with Gasteiger partial charge in [-0.25, -0.2) is 0 Å². The topological polar surface area (TPSA) is 12.5 Å². The van der Waals surface area contributed by atoms with Crippen LogP contribution >= 0.6 is 0 Å². The van der Waals surface area contributed by atoms with Crippen molar-refractivity contribution in [1.82, 2.24) is 4.90 Å². The van der Waals surface area contributed by atoms with E-state index < -0.39 is 0 Å². The first-order valence-electron chi connectivity index (χ1n) is 7.46. The minimum atomic E-state index is -0.203. The number of hydrogen-bond acceptors (Lipinski definition) is 2. The molecule has 0 N–H and O–H groups in total. The van der Waals surface area contributed by atoms with Gasteiger partial charge < -0.3 is 4.74 Å². The van der Waals surface area contributed by atoms with Gasteiger partial charge >= 0.3 is 0 Å². The molecule has 0 aromatic heterocycles. The second-order valence-corrected chi connectivity index (χ2v) is 6.07. The summed E-state index contributed by atoms with van der Waals surface area (Å²) >= 11 is 0. The lowest BCUT2D eigenvalue weighted by Gasteiger charge is -2.31. The summed E-state index contributed by atoms with van der Waals surface area (Å²) in [6.07, 6.45) is 5.78. The van der Waals surface area contributed by atoms with Crippen LogP contribution in [-0.2, 0) is 4.74 Å². The average molecular weight is 259 g/mol. The molecule has 0 amide bonds. The minimum Gasteiger partial charge on any atom is -0.383 e. The van der Waals surface area contributed by atoms with Crippen molar-refractivity contribution in [2.75, 3.05) is 33.5 Å². The number of ether oxygens (including phenoxy) is 1. The molecule has 1 aliphatic rings. The Labute approximate surface area is 112 Å². The molecule has 0 radical (unpaired) electrons. The van der Waals surface area contributed by atoms with E-state index in [1.165, 1.54) is 25.7 Å². The van der Waals surface area contributed by atoms with Crippen molar-refractivity contribution in [3.63, 3.8) is 0 Å². The third-order valence-corrected chi connectivity index (χ3v) is 3.90. The summed E-state index contributed by atoms with van der Waals surface area (Å²) in [5.41, 5.74) is 0. The summed E-state index contributed by atoms with van der Waals surface area (Å²) < 4.78 is 17.7. The van der Waals surface area contributed by atoms with Crippen LogP contribution in [0.1, 0.15) is 46.0 Å². The van der Waals surface area contributed by atoms with Gasteiger partial charge in [0.15, 0.2) is 0 Å². The molecule has 0 bridgehead atoms. The lowest BCUT2D eigenvalue weighted by Crippen LogP contribution is -2.40. The number of halogens is 1. The highest BCUT2D eigenvalue weighted by molar-refractivity contribution is 4.79. The molecule has 1 aliphatic heterocycles. The number of likely N-dealkylation sites (tertiary alicyclic amines) is 1. The SMILES string of the molecule is COCC1CCCC(CC(C)C)CN1CCCF. The highest BCUT2D eigenvalue weighted by atomic mass is 19.1. The normalized spacial score (nSPS) is 26.5. The number of rotatable bonds is 7. The van der Waals surface area contributed by atoms with Crippen LogP contribution in [0.2, 0.25) is 0 Å². The molecule has 1 saturated heterocycles. The molecule has 0 spiro atoms. The lowest BCUT2D eigenvalue weighted by atomic mass is 9.93. The van der Waals surface area contributed by atoms with Crippen LogP contribution < -0.4 is 0 Å². The zero-order valence-electron chi connectivity index (χ0n) is 12.3. The Morgan fingerprint density at radius 1 is 1.33 bits per heavy atom. The molecule has 3 heteroatoms. The fourth-order valence-corrected chi connectivity index (χ4v) is 3.17. The van der Waals surface area contributed by atoms with E-state index in [0.717, 1.165) is 31.5 Å². The predicted octanol–water partition coefficient (Wildman–Crippen LogP) is 3.51. The highest BCUT2D eigenvalue weighted by Gasteiger charge is 2.25. The van der Waals surface area contributed by atoms with Gasteiger partial charge in [0.25, 0.3) is 0 Å². The van der Waals surface area contributed by atoms with Crippen molar-refractivity contribution in [2.24, 2.45) is 11.8 Å². The average Bonchev–Trinajstić information content (AvgIpc) is 2.49. The smallest absolute Gasteiger partial charge is 0.0906 e. The molecule has 0 aromatic carbocycles. The van der Waals surface area contributed by atoms with Gasteiger partial charge in [-0.05, 0) is 37.5 Å². The zero-order chi connectivity index (χ0) is 13.4. The molecule has 2 unspecified atom stereocenters. The molecule has 18 heavy (non-hydrogen) atoms. The van der Waals surface area contributed by atoms with Gasteiger partial charge in [0.2, 0.25) is 0 Å². The van der Waals surface area contributed by atoms with Crippen LogP contribution in [0, 0.1) is 11.8 Å². The fraction of sp³-hybridized carbons (Fsp3) is 1.00. The first-order valence-corrected chi connectivity index (χ1v) is 7.46. The van der Waals surface area contributed by atoms with Gasteiger partial charge in [-0.2, -0.15) is 0 Å². The Morgan fingerprint density at radius 2 is 2.11 bits per heavy atom. The van der Waals surface area contributed by atoms with Crippen LogP contribution in [0.4, 0.5) is 4.39 Å². The Bertz CT molecular complexity index is 211. The molecule has 2 nitrogen and oxygen atoms in total. The second kappa shape index (κ2) is 8.87. The minimum absolute atomic E-state index is 0.203. The molecule has 1 rings (SSSR count). The van der Waals surface area contributed by atoms with Gasteiger partial charge in [-0.1, -0.05) is 20.3 Å². The van der Waals surface area contributed by atoms with E-state index in [9.17, 15) is 4.39 Å². The summed E-state index contributed by atoms with van der Waals surface area (Å²) in [5, 5.41) is 0. The maximum atomic E-state index is 12.4. The standard InChI is InChI=1S/C15H30FNO/c1-13(2)10-14-6-4-7-15(12-18-3)17(11-14)9-5-8-16/h13-15H,4-12H2,1-3H3. The summed E-state index contributed by atoms with van der Waals surface area (Å²) in [6.45, 7) is 7.20. The predicted molar refractivity (Wildman–Crippen MR) is 74.6 cm³/mol. The quantitative estimate of drug-likeness (QED) is 0.694. The number of hydrogen-bond donors (Lipinski definition) is 0. The van der Waals surface area contributed by atoms with Crippen LogP contribution in [0.3, 0.4) is 0 Å². The molecular weight excluding hydrogens is 229 g/mol. The molecular formula is C15H30FNO. The molecule has 1 heterocycles. The van der Waals surface area contributed by atoms with Crippen molar-refractivity contribution >= 4 is 0 Å². The molecule has 1 fully saturated rings. The van der Waals surface area contributed by atoms with E-state index in [1.807, 2.05) is 0 Å². The van der Waals surface area contributed by atoms with Gasteiger partial charge in [0, 0.05) is 26.2 Å². The highest BCUT2D eigenvalue weighted by Crippen LogP contribution is 2.26. The number of alkyl halides is 1. The molecule has 2 atom stereocenters. The fourth-order valence-electron chi connectivity index (χ4n) is 3.17. The monoisotopic (exact) mass is 259 g/mol. The van der Waals surface area contributed by atoms with Gasteiger partial charge in [0.1, 0.15) is 0 Å². The van der Waals surface area contributed by atoms with Crippen molar-refractivity contribution in [2.45, 2.75) is 52.0 Å². The summed E-state index contributed by atoms with van der Waals surface area (Å²) in [7, 11) is 1.77. The lowest BCUT2D eigenvalue weighted by molar-refractivity contribution is 0.0804. The van der Waals surface area contributed by atoms with E-state index in [0.29, 0.717) is 12.5 Å². The van der Waals surface area contributed by atoms with Gasteiger partial charge in [0.05, 0.1) is 13.3 Å². The van der Waals surface area contributed by atoms with Crippen LogP contribution in [-0.4, -0.2) is 44.4 Å². The van der Waals surface area contributed by atoms with Crippen LogP contribution in [0.15, 0.2) is 0 Å². The summed E-state index contributed by atoms with van der Waals surface area (Å²) in [4.78, 5) is 2.48. The van der Waals surface area contributed by atoms with Crippen molar-refractivity contribution < 1.29 is 9.13 Å². The third-order valence-electron chi connectivity index (χ3n) is 3.90. The largest absolute Gasteiger partial charge is 0.383 e. The molecule has 0 saturated carbocycles. The summed E-state index contributed by atoms with van der Waals surface area (Å²) in [6, 6.07) is 0.499. The third kappa shape index (κ3) is 5.66. The number of nitrogens with zero attached hydrogens (tertiary/aromatic N) is 1. The Morgan fingerprint density at radius 3 is 2.72 bits per heavy atom. The van der Waals surface area contributed by atoms with Crippen molar-refractivity contribution in [3.05, 3.63) is 0 Å². The molecule has 0 aliphatic carbocycles. The Balaban J connectivity index is 2.54. The molecule has 0 aromatic rings. The Hall–Kier alpha value is -0.150. The first kappa shape index (κ1) is 15.9. The van der Waals surface area contributed by atoms with Crippen molar-refractivity contribution in [1.29, 1.82) is 0 Å².